The SMILES string of the molecule is CC(F)(F)c1ccc2c(=O)n(-c3ccc(Cl)c4c(NS(C)(=O)=O)nn(CC(F)F)c34)c([C@@H](N)Cc3cc(F)cc(F)c3)nc2c1. The number of anilines is 1. The van der Waals surface area contributed by atoms with Crippen LogP contribution in [0.15, 0.2) is 53.3 Å². The topological polar surface area (TPSA) is 125 Å². The van der Waals surface area contributed by atoms with Gasteiger partial charge in [-0.3, -0.25) is 18.8 Å². The van der Waals surface area contributed by atoms with Gasteiger partial charge in [0.15, 0.2) is 5.82 Å². The predicted octanol–water partition coefficient (Wildman–Crippen LogP) is 5.66. The van der Waals surface area contributed by atoms with E-state index >= 15 is 0 Å². The summed E-state index contributed by atoms with van der Waals surface area (Å²) >= 11 is 6.39. The van der Waals surface area contributed by atoms with Crippen molar-refractivity contribution in [3.05, 3.63) is 92.5 Å². The lowest BCUT2D eigenvalue weighted by molar-refractivity contribution is 0.0176. The fraction of sp³-hybridized carbons (Fsp3) is 0.250. The third-order valence-electron chi connectivity index (χ3n) is 6.77. The van der Waals surface area contributed by atoms with E-state index in [4.69, 9.17) is 17.3 Å². The minimum atomic E-state index is -3.99. The van der Waals surface area contributed by atoms with Crippen LogP contribution in [0.1, 0.15) is 29.9 Å². The number of benzene rings is 3. The number of halogens is 7. The normalized spacial score (nSPS) is 13.2. The van der Waals surface area contributed by atoms with Crippen LogP contribution in [0, 0.1) is 11.6 Å². The van der Waals surface area contributed by atoms with Gasteiger partial charge in [-0.1, -0.05) is 17.7 Å². The molecule has 5 rings (SSSR count). The zero-order chi connectivity index (χ0) is 33.0. The van der Waals surface area contributed by atoms with Crippen molar-refractivity contribution in [3.63, 3.8) is 0 Å². The molecular formula is C28H23ClF6N6O3S. The summed E-state index contributed by atoms with van der Waals surface area (Å²) in [5, 5.41) is 3.57. The Balaban J connectivity index is 1.86. The molecule has 0 saturated carbocycles. The van der Waals surface area contributed by atoms with Crippen molar-refractivity contribution in [3.8, 4) is 5.69 Å². The van der Waals surface area contributed by atoms with Crippen LogP contribution in [0.5, 0.6) is 0 Å². The summed E-state index contributed by atoms with van der Waals surface area (Å²) in [6.45, 7) is -0.402. The number of fused-ring (bicyclic) bond motifs is 2. The van der Waals surface area contributed by atoms with Gasteiger partial charge in [0.2, 0.25) is 10.0 Å². The highest BCUT2D eigenvalue weighted by atomic mass is 35.5. The van der Waals surface area contributed by atoms with Crippen LogP contribution in [0.2, 0.25) is 5.02 Å². The van der Waals surface area contributed by atoms with Crippen molar-refractivity contribution in [2.75, 3.05) is 11.0 Å². The van der Waals surface area contributed by atoms with Gasteiger partial charge in [0.25, 0.3) is 17.9 Å². The molecule has 0 bridgehead atoms. The Morgan fingerprint density at radius 1 is 1.07 bits per heavy atom. The molecule has 0 saturated heterocycles. The van der Waals surface area contributed by atoms with E-state index in [2.05, 4.69) is 14.8 Å². The molecule has 1 atom stereocenters. The Kier molecular flexibility index (Phi) is 8.35. The second kappa shape index (κ2) is 11.7. The Bertz CT molecular complexity index is 2110. The second-order valence-electron chi connectivity index (χ2n) is 10.4. The molecule has 0 spiro atoms. The van der Waals surface area contributed by atoms with E-state index in [0.29, 0.717) is 13.0 Å². The van der Waals surface area contributed by atoms with Gasteiger partial charge in [0, 0.05) is 18.6 Å². The molecule has 3 N–H and O–H groups in total. The highest BCUT2D eigenvalue weighted by Crippen LogP contribution is 2.36. The standard InChI is InChI=1S/C28H23ClF6N6O3S/c1-28(34,35)14-3-4-17-20(10-14)37-26(19(36)9-13-7-15(30)11-16(31)8-13)41(27(17)42)21-6-5-18(29)23-24(21)40(12-22(32)33)38-25(23)39-45(2,43)44/h3-8,10-11,19,22H,9,12,36H2,1-2H3,(H,38,39)/t19-/m0/s1. The molecule has 0 aliphatic heterocycles. The van der Waals surface area contributed by atoms with Crippen LogP contribution in [-0.2, 0) is 28.9 Å². The minimum Gasteiger partial charge on any atom is -0.321 e. The Labute approximate surface area is 256 Å². The number of sulfonamides is 1. The molecule has 238 valence electrons. The third-order valence-corrected chi connectivity index (χ3v) is 7.65. The number of hydrogen-bond donors (Lipinski definition) is 2. The number of nitrogens with two attached hydrogens (primary N) is 1. The van der Waals surface area contributed by atoms with E-state index < -0.39 is 63.5 Å². The van der Waals surface area contributed by atoms with Crippen molar-refractivity contribution in [2.45, 2.75) is 38.3 Å². The molecule has 5 aromatic rings. The molecule has 2 aromatic heterocycles. The van der Waals surface area contributed by atoms with Crippen LogP contribution < -0.4 is 16.0 Å². The molecule has 0 radical (unpaired) electrons. The molecule has 0 unspecified atom stereocenters. The smallest absolute Gasteiger partial charge is 0.270 e. The number of alkyl halides is 4. The van der Waals surface area contributed by atoms with E-state index in [-0.39, 0.29) is 50.3 Å². The molecule has 9 nitrogen and oxygen atoms in total. The highest BCUT2D eigenvalue weighted by Gasteiger charge is 2.28. The first kappa shape index (κ1) is 32.2. The fourth-order valence-corrected chi connectivity index (χ4v) is 5.72. The molecule has 3 aromatic carbocycles. The van der Waals surface area contributed by atoms with Gasteiger partial charge in [-0.25, -0.2) is 39.7 Å². The van der Waals surface area contributed by atoms with Gasteiger partial charge in [-0.2, -0.15) is 5.10 Å². The molecule has 2 heterocycles. The zero-order valence-corrected chi connectivity index (χ0v) is 24.9. The number of nitrogens with zero attached hydrogens (tertiary/aromatic N) is 4. The number of rotatable bonds is 9. The van der Waals surface area contributed by atoms with Crippen LogP contribution in [0.4, 0.5) is 32.2 Å². The third kappa shape index (κ3) is 6.62. The number of nitrogens with one attached hydrogen (secondary N) is 1. The van der Waals surface area contributed by atoms with E-state index in [1.165, 1.54) is 12.1 Å². The second-order valence-corrected chi connectivity index (χ2v) is 12.6. The van der Waals surface area contributed by atoms with Gasteiger partial charge >= 0.3 is 0 Å². The first-order chi connectivity index (χ1) is 20.9. The summed E-state index contributed by atoms with van der Waals surface area (Å²) < 4.78 is 112. The summed E-state index contributed by atoms with van der Waals surface area (Å²) in [6, 6.07) is 6.99. The fourth-order valence-electron chi connectivity index (χ4n) is 4.98. The average Bonchev–Trinajstić information content (AvgIpc) is 3.24. The number of aromatic nitrogens is 4. The molecule has 45 heavy (non-hydrogen) atoms. The Hall–Kier alpha value is -4.15. The van der Waals surface area contributed by atoms with Crippen molar-refractivity contribution >= 4 is 49.2 Å². The lowest BCUT2D eigenvalue weighted by atomic mass is 10.0. The quantitative estimate of drug-likeness (QED) is 0.195. The highest BCUT2D eigenvalue weighted by molar-refractivity contribution is 7.92. The Morgan fingerprint density at radius 3 is 2.33 bits per heavy atom. The maximum atomic E-state index is 14.2. The van der Waals surface area contributed by atoms with Crippen molar-refractivity contribution in [1.29, 1.82) is 0 Å². The zero-order valence-electron chi connectivity index (χ0n) is 23.3. The van der Waals surface area contributed by atoms with Crippen molar-refractivity contribution in [2.24, 2.45) is 5.73 Å². The van der Waals surface area contributed by atoms with Crippen molar-refractivity contribution < 1.29 is 34.8 Å². The lowest BCUT2D eigenvalue weighted by Gasteiger charge is -2.21. The lowest BCUT2D eigenvalue weighted by Crippen LogP contribution is -2.30. The first-order valence-electron chi connectivity index (χ1n) is 13.0. The first-order valence-corrected chi connectivity index (χ1v) is 15.3. The van der Waals surface area contributed by atoms with Gasteiger partial charge in [0.05, 0.1) is 44.8 Å². The molecule has 0 amide bonds. The molecule has 0 aliphatic rings. The summed E-state index contributed by atoms with van der Waals surface area (Å²) in [4.78, 5) is 18.5. The summed E-state index contributed by atoms with van der Waals surface area (Å²) in [6.07, 6.45) is -2.48. The van der Waals surface area contributed by atoms with Gasteiger partial charge in [-0.15, -0.1) is 0 Å². The molecule has 0 fully saturated rings. The van der Waals surface area contributed by atoms with Crippen LogP contribution in [0.3, 0.4) is 0 Å². The predicted molar refractivity (Wildman–Crippen MR) is 157 cm³/mol. The number of hydrogen-bond acceptors (Lipinski definition) is 6. The monoisotopic (exact) mass is 672 g/mol. The van der Waals surface area contributed by atoms with E-state index in [9.17, 15) is 39.6 Å². The molecular weight excluding hydrogens is 650 g/mol. The van der Waals surface area contributed by atoms with Gasteiger partial charge < -0.3 is 5.73 Å². The van der Waals surface area contributed by atoms with Crippen LogP contribution in [0.25, 0.3) is 27.5 Å². The maximum Gasteiger partial charge on any atom is 0.270 e. The average molecular weight is 673 g/mol. The summed E-state index contributed by atoms with van der Waals surface area (Å²) in [7, 11) is -3.99. The van der Waals surface area contributed by atoms with Crippen LogP contribution in [-0.4, -0.2) is 40.4 Å². The largest absolute Gasteiger partial charge is 0.321 e. The van der Waals surface area contributed by atoms with Crippen LogP contribution >= 0.6 is 11.6 Å². The summed E-state index contributed by atoms with van der Waals surface area (Å²) in [5.74, 6) is -5.81. The van der Waals surface area contributed by atoms with Crippen molar-refractivity contribution in [1.82, 2.24) is 19.3 Å². The van der Waals surface area contributed by atoms with Gasteiger partial charge in [0.1, 0.15) is 24.0 Å². The van der Waals surface area contributed by atoms with E-state index in [0.717, 1.165) is 45.8 Å². The van der Waals surface area contributed by atoms with Gasteiger partial charge in [-0.05, 0) is 48.4 Å². The molecule has 0 aliphatic carbocycles. The maximum absolute atomic E-state index is 14.2. The Morgan fingerprint density at radius 2 is 1.73 bits per heavy atom. The minimum absolute atomic E-state index is 0.0679. The van der Waals surface area contributed by atoms with E-state index in [1.54, 1.807) is 0 Å². The molecule has 17 heteroatoms. The summed E-state index contributed by atoms with van der Waals surface area (Å²) in [5.41, 5.74) is 4.63. The van der Waals surface area contributed by atoms with E-state index in [1.807, 2.05) is 0 Å².